The fourth-order valence-electron chi connectivity index (χ4n) is 2.21. The molecule has 1 aromatic carbocycles. The van der Waals surface area contributed by atoms with Gasteiger partial charge in [0, 0.05) is 18.1 Å². The first-order valence-electron chi connectivity index (χ1n) is 6.02. The topological polar surface area (TPSA) is 66.3 Å². The molecule has 19 heavy (non-hydrogen) atoms. The lowest BCUT2D eigenvalue weighted by Gasteiger charge is -2.15. The standard InChI is InChI=1S/C13H12FN3O2/c14-10-3-4-17(7-10)13-15-6-9-5-8(12(18)19)1-2-11(9)16-13/h1-2,5-6,10H,3-4,7H2,(H,18,19). The molecule has 1 atom stereocenters. The number of benzene rings is 1. The molecule has 6 heteroatoms. The van der Waals surface area contributed by atoms with Gasteiger partial charge >= 0.3 is 5.97 Å². The summed E-state index contributed by atoms with van der Waals surface area (Å²) in [6, 6.07) is 4.68. The Kier molecular flexibility index (Phi) is 2.77. The van der Waals surface area contributed by atoms with Crippen molar-refractivity contribution < 1.29 is 14.3 Å². The third-order valence-electron chi connectivity index (χ3n) is 3.23. The van der Waals surface area contributed by atoms with E-state index in [2.05, 4.69) is 9.97 Å². The summed E-state index contributed by atoms with van der Waals surface area (Å²) >= 11 is 0. The summed E-state index contributed by atoms with van der Waals surface area (Å²) in [5, 5.41) is 9.58. The number of carboxylic acid groups (broad SMARTS) is 1. The molecule has 0 spiro atoms. The van der Waals surface area contributed by atoms with Gasteiger partial charge in [0.25, 0.3) is 0 Å². The molecule has 2 aromatic rings. The zero-order valence-electron chi connectivity index (χ0n) is 10.1. The number of aromatic carboxylic acids is 1. The van der Waals surface area contributed by atoms with Gasteiger partial charge in [0.05, 0.1) is 17.6 Å². The van der Waals surface area contributed by atoms with Crippen LogP contribution in [-0.2, 0) is 0 Å². The van der Waals surface area contributed by atoms with Crippen LogP contribution in [0.5, 0.6) is 0 Å². The summed E-state index contributed by atoms with van der Waals surface area (Å²) in [5.41, 5.74) is 0.867. The van der Waals surface area contributed by atoms with Crippen molar-refractivity contribution in [1.82, 2.24) is 9.97 Å². The monoisotopic (exact) mass is 261 g/mol. The van der Waals surface area contributed by atoms with Gasteiger partial charge in [-0.05, 0) is 24.6 Å². The Hall–Kier alpha value is -2.24. The molecule has 1 unspecified atom stereocenters. The highest BCUT2D eigenvalue weighted by Gasteiger charge is 2.23. The van der Waals surface area contributed by atoms with Crippen LogP contribution >= 0.6 is 0 Å². The van der Waals surface area contributed by atoms with Gasteiger partial charge in [0.15, 0.2) is 0 Å². The van der Waals surface area contributed by atoms with E-state index in [9.17, 15) is 9.18 Å². The maximum atomic E-state index is 13.2. The molecule has 3 rings (SSSR count). The van der Waals surface area contributed by atoms with Crippen LogP contribution in [0, 0.1) is 0 Å². The zero-order chi connectivity index (χ0) is 13.4. The number of aromatic nitrogens is 2. The van der Waals surface area contributed by atoms with Crippen LogP contribution in [0.3, 0.4) is 0 Å². The maximum Gasteiger partial charge on any atom is 0.335 e. The second-order valence-electron chi connectivity index (χ2n) is 4.58. The van der Waals surface area contributed by atoms with Crippen LogP contribution in [0.2, 0.25) is 0 Å². The highest BCUT2D eigenvalue weighted by Crippen LogP contribution is 2.21. The highest BCUT2D eigenvalue weighted by molar-refractivity contribution is 5.93. The molecular weight excluding hydrogens is 249 g/mol. The van der Waals surface area contributed by atoms with Crippen LogP contribution in [0.4, 0.5) is 10.3 Å². The number of nitrogens with zero attached hydrogens (tertiary/aromatic N) is 3. The van der Waals surface area contributed by atoms with Crippen molar-refractivity contribution in [1.29, 1.82) is 0 Å². The molecular formula is C13H12FN3O2. The molecule has 1 saturated heterocycles. The Labute approximate surface area is 108 Å². The van der Waals surface area contributed by atoms with Gasteiger partial charge in [0.1, 0.15) is 6.17 Å². The predicted molar refractivity (Wildman–Crippen MR) is 68.2 cm³/mol. The lowest BCUT2D eigenvalue weighted by Crippen LogP contribution is -2.22. The lowest BCUT2D eigenvalue weighted by atomic mass is 10.1. The number of carboxylic acids is 1. The third kappa shape index (κ3) is 2.21. The Morgan fingerprint density at radius 1 is 1.47 bits per heavy atom. The molecule has 0 aliphatic carbocycles. The number of hydrogen-bond acceptors (Lipinski definition) is 4. The maximum absolute atomic E-state index is 13.2. The molecule has 0 radical (unpaired) electrons. The number of alkyl halides is 1. The first kappa shape index (κ1) is 11.8. The summed E-state index contributed by atoms with van der Waals surface area (Å²) in [6.07, 6.45) is 1.25. The number of halogens is 1. The summed E-state index contributed by atoms with van der Waals surface area (Å²) < 4.78 is 13.2. The molecule has 1 aliphatic rings. The average Bonchev–Trinajstić information content (AvgIpc) is 2.84. The number of rotatable bonds is 2. The van der Waals surface area contributed by atoms with Gasteiger partial charge in [-0.2, -0.15) is 0 Å². The molecule has 5 nitrogen and oxygen atoms in total. The van der Waals surface area contributed by atoms with Gasteiger partial charge in [-0.25, -0.2) is 19.2 Å². The quantitative estimate of drug-likeness (QED) is 0.894. The van der Waals surface area contributed by atoms with E-state index < -0.39 is 12.1 Å². The van der Waals surface area contributed by atoms with Crippen molar-refractivity contribution in [3.05, 3.63) is 30.0 Å². The largest absolute Gasteiger partial charge is 0.478 e. The van der Waals surface area contributed by atoms with Crippen molar-refractivity contribution in [3.8, 4) is 0 Å². The Morgan fingerprint density at radius 2 is 2.32 bits per heavy atom. The second-order valence-corrected chi connectivity index (χ2v) is 4.58. The minimum Gasteiger partial charge on any atom is -0.478 e. The minimum atomic E-state index is -0.981. The Balaban J connectivity index is 1.97. The normalized spacial score (nSPS) is 19.0. The van der Waals surface area contributed by atoms with Crippen LogP contribution in [0.15, 0.2) is 24.4 Å². The Morgan fingerprint density at radius 3 is 3.00 bits per heavy atom. The smallest absolute Gasteiger partial charge is 0.335 e. The van der Waals surface area contributed by atoms with Gasteiger partial charge < -0.3 is 10.0 Å². The van der Waals surface area contributed by atoms with Crippen molar-refractivity contribution in [2.24, 2.45) is 0 Å². The number of hydrogen-bond donors (Lipinski definition) is 1. The molecule has 0 bridgehead atoms. The molecule has 98 valence electrons. The van der Waals surface area contributed by atoms with E-state index in [1.54, 1.807) is 17.2 Å². The van der Waals surface area contributed by atoms with E-state index in [-0.39, 0.29) is 5.56 Å². The lowest BCUT2D eigenvalue weighted by molar-refractivity contribution is 0.0697. The minimum absolute atomic E-state index is 0.203. The first-order chi connectivity index (χ1) is 9.13. The van der Waals surface area contributed by atoms with Crippen molar-refractivity contribution in [3.63, 3.8) is 0 Å². The fourth-order valence-corrected chi connectivity index (χ4v) is 2.21. The molecule has 0 amide bonds. The SMILES string of the molecule is O=C(O)c1ccc2nc(N3CCC(F)C3)ncc2c1. The molecule has 1 aromatic heterocycles. The average molecular weight is 261 g/mol. The van der Waals surface area contributed by atoms with Crippen LogP contribution in [0.25, 0.3) is 10.9 Å². The zero-order valence-corrected chi connectivity index (χ0v) is 10.1. The molecule has 2 heterocycles. The number of fused-ring (bicyclic) bond motifs is 1. The van der Waals surface area contributed by atoms with E-state index in [0.717, 1.165) is 0 Å². The van der Waals surface area contributed by atoms with Gasteiger partial charge in [-0.3, -0.25) is 0 Å². The van der Waals surface area contributed by atoms with Gasteiger partial charge in [-0.15, -0.1) is 0 Å². The van der Waals surface area contributed by atoms with E-state index in [1.165, 1.54) is 12.1 Å². The summed E-state index contributed by atoms with van der Waals surface area (Å²) in [7, 11) is 0. The third-order valence-corrected chi connectivity index (χ3v) is 3.23. The summed E-state index contributed by atoms with van der Waals surface area (Å²) in [5.74, 6) is -0.485. The van der Waals surface area contributed by atoms with Gasteiger partial charge in [0.2, 0.25) is 5.95 Å². The van der Waals surface area contributed by atoms with Crippen molar-refractivity contribution in [2.75, 3.05) is 18.0 Å². The molecule has 1 N–H and O–H groups in total. The van der Waals surface area contributed by atoms with Crippen molar-refractivity contribution >= 4 is 22.8 Å². The summed E-state index contributed by atoms with van der Waals surface area (Å²) in [4.78, 5) is 21.2. The van der Waals surface area contributed by atoms with Crippen LogP contribution < -0.4 is 4.90 Å². The van der Waals surface area contributed by atoms with Crippen LogP contribution in [0.1, 0.15) is 16.8 Å². The van der Waals surface area contributed by atoms with Crippen molar-refractivity contribution in [2.45, 2.75) is 12.6 Å². The molecule has 0 saturated carbocycles. The molecule has 1 aliphatic heterocycles. The Bertz CT molecular complexity index is 647. The number of carbonyl (C=O) groups is 1. The highest BCUT2D eigenvalue weighted by atomic mass is 19.1. The van der Waals surface area contributed by atoms with Gasteiger partial charge in [-0.1, -0.05) is 0 Å². The van der Waals surface area contributed by atoms with E-state index in [4.69, 9.17) is 5.11 Å². The first-order valence-corrected chi connectivity index (χ1v) is 6.02. The molecule has 1 fully saturated rings. The number of anilines is 1. The van der Waals surface area contributed by atoms with E-state index >= 15 is 0 Å². The van der Waals surface area contributed by atoms with E-state index in [1.807, 2.05) is 0 Å². The summed E-state index contributed by atoms with van der Waals surface area (Å²) in [6.45, 7) is 0.929. The fraction of sp³-hybridized carbons (Fsp3) is 0.308. The van der Waals surface area contributed by atoms with E-state index in [0.29, 0.717) is 36.4 Å². The van der Waals surface area contributed by atoms with Crippen LogP contribution in [-0.4, -0.2) is 40.3 Å². The second kappa shape index (κ2) is 4.46. The predicted octanol–water partition coefficient (Wildman–Crippen LogP) is 1.88.